The number of rotatable bonds is 2. The molecule has 6 heterocycles. The standard InChI is InChI=1S/C31H33BN3S/c1-6-13-27-23(4)25-16-10-11-20-33(25)36(27)30(5)31(36,19-7-2)28-21-32-24-15-8-9-17-26(24)34(28)29-18-12-14-22(3)35(29)30/h6-20,28H,21H2,1-5H3/q+2/b13-6-,19-7?. The molecule has 5 heteroatoms. The van der Waals surface area contributed by atoms with E-state index in [0.29, 0.717) is 6.04 Å². The molecule has 3 nitrogen and oxygen atoms in total. The van der Waals surface area contributed by atoms with Gasteiger partial charge in [-0.3, -0.25) is 0 Å². The van der Waals surface area contributed by atoms with Gasteiger partial charge in [0.05, 0.1) is 15.1 Å². The lowest BCUT2D eigenvalue weighted by Crippen LogP contribution is -2.66. The highest BCUT2D eigenvalue weighted by atomic mass is 32.3. The Labute approximate surface area is 217 Å². The van der Waals surface area contributed by atoms with Gasteiger partial charge in [-0.15, -0.1) is 3.97 Å². The fraction of sp³-hybridized carbons (Fsp3) is 0.290. The van der Waals surface area contributed by atoms with Crippen LogP contribution in [0, 0.1) is 6.92 Å². The number of pyridine rings is 2. The smallest absolute Gasteiger partial charge is 0.224 e. The molecule has 1 spiro atoms. The molecule has 0 bridgehead atoms. The van der Waals surface area contributed by atoms with Gasteiger partial charge >= 0.3 is 0 Å². The van der Waals surface area contributed by atoms with Gasteiger partial charge < -0.3 is 0 Å². The lowest BCUT2D eigenvalue weighted by Gasteiger charge is -2.40. The van der Waals surface area contributed by atoms with Crippen molar-refractivity contribution in [1.82, 2.24) is 0 Å². The molecule has 3 aromatic rings. The summed E-state index contributed by atoms with van der Waals surface area (Å²) in [6.07, 6.45) is 13.0. The highest BCUT2D eigenvalue weighted by Crippen LogP contribution is 2.95. The molecule has 0 N–H and O–H groups in total. The van der Waals surface area contributed by atoms with Crippen LogP contribution in [0.15, 0.2) is 96.1 Å². The maximum absolute atomic E-state index is 2.70. The quantitative estimate of drug-likeness (QED) is 0.202. The second-order valence-electron chi connectivity index (χ2n) is 10.5. The van der Waals surface area contributed by atoms with Crippen molar-refractivity contribution in [3.05, 3.63) is 107 Å². The van der Waals surface area contributed by atoms with E-state index in [9.17, 15) is 0 Å². The Bertz CT molecular complexity index is 1540. The summed E-state index contributed by atoms with van der Waals surface area (Å²) in [5.74, 6) is 1.31. The Balaban J connectivity index is 1.66. The molecule has 1 radical (unpaired) electrons. The number of nitrogens with zero attached hydrogens (tertiary/aromatic N) is 3. The van der Waals surface area contributed by atoms with E-state index in [4.69, 9.17) is 0 Å². The van der Waals surface area contributed by atoms with Gasteiger partial charge in [0.2, 0.25) is 10.6 Å². The van der Waals surface area contributed by atoms with Crippen molar-refractivity contribution in [3.63, 3.8) is 0 Å². The van der Waals surface area contributed by atoms with E-state index < -0.39 is 10.2 Å². The van der Waals surface area contributed by atoms with Crippen LogP contribution >= 0.6 is 10.2 Å². The summed E-state index contributed by atoms with van der Waals surface area (Å²) in [6.45, 7) is 11.6. The highest BCUT2D eigenvalue weighted by Gasteiger charge is 2.99. The number of anilines is 2. The Hall–Kier alpha value is -3.05. The first kappa shape index (κ1) is 22.2. The van der Waals surface area contributed by atoms with E-state index in [1.807, 2.05) is 0 Å². The SMILES string of the molecule is CC=CC12C3C[B]c4ccccc4N3c3cccc(C)[n+]3C1(C)S21C(/C=C\C)=C(C)c2cccc[n+]21. The third kappa shape index (κ3) is 2.14. The second kappa shape index (κ2) is 7.26. The third-order valence-electron chi connectivity index (χ3n) is 9.07. The largest absolute Gasteiger partial charge is 0.283 e. The zero-order valence-electron chi connectivity index (χ0n) is 21.8. The zero-order chi connectivity index (χ0) is 24.9. The van der Waals surface area contributed by atoms with Gasteiger partial charge in [0.15, 0.2) is 18.2 Å². The molecular weight excluding hydrogens is 457 g/mol. The Morgan fingerprint density at radius 2 is 1.81 bits per heavy atom. The molecule has 1 aromatic carbocycles. The summed E-state index contributed by atoms with van der Waals surface area (Å²) in [4.78, 5) is 4.11. The maximum atomic E-state index is 2.70. The minimum Gasteiger partial charge on any atom is -0.224 e. The number of para-hydroxylation sites is 1. The Morgan fingerprint density at radius 3 is 2.61 bits per heavy atom. The van der Waals surface area contributed by atoms with Crippen molar-refractivity contribution in [2.45, 2.75) is 56.6 Å². The van der Waals surface area contributed by atoms with Crippen LogP contribution in [0.2, 0.25) is 6.32 Å². The third-order valence-corrected chi connectivity index (χ3v) is 14.3. The number of aromatic nitrogens is 2. The van der Waals surface area contributed by atoms with Crippen molar-refractivity contribution in [2.75, 3.05) is 4.90 Å². The molecule has 4 unspecified atom stereocenters. The molecule has 2 aromatic heterocycles. The monoisotopic (exact) mass is 490 g/mol. The molecule has 7 rings (SSSR count). The predicted molar refractivity (Wildman–Crippen MR) is 152 cm³/mol. The van der Waals surface area contributed by atoms with Crippen molar-refractivity contribution in [1.29, 1.82) is 0 Å². The summed E-state index contributed by atoms with van der Waals surface area (Å²) in [7, 11) is 0.948. The normalized spacial score (nSPS) is 33.0. The van der Waals surface area contributed by atoms with Crippen molar-refractivity contribution >= 4 is 40.0 Å². The molecule has 4 atom stereocenters. The first-order valence-corrected chi connectivity index (χ1v) is 14.6. The van der Waals surface area contributed by atoms with Crippen LogP contribution in [0.5, 0.6) is 0 Å². The second-order valence-corrected chi connectivity index (χ2v) is 14.0. The minimum atomic E-state index is -1.54. The van der Waals surface area contributed by atoms with E-state index in [1.54, 1.807) is 0 Å². The van der Waals surface area contributed by atoms with Crippen LogP contribution in [-0.4, -0.2) is 18.1 Å². The van der Waals surface area contributed by atoms with E-state index in [-0.39, 0.29) is 9.62 Å². The summed E-state index contributed by atoms with van der Waals surface area (Å²) < 4.78 is 5.34. The lowest BCUT2D eigenvalue weighted by molar-refractivity contribution is -0.728. The van der Waals surface area contributed by atoms with Gasteiger partial charge in [0.1, 0.15) is 17.4 Å². The number of allylic oxidation sites excluding steroid dienone is 4. The van der Waals surface area contributed by atoms with Gasteiger partial charge in [-0.05, 0) is 70.7 Å². The molecule has 4 aliphatic heterocycles. The highest BCUT2D eigenvalue weighted by molar-refractivity contribution is 8.39. The van der Waals surface area contributed by atoms with Crippen molar-refractivity contribution < 1.29 is 8.54 Å². The molecule has 1 fully saturated rings. The predicted octanol–water partition coefficient (Wildman–Crippen LogP) is 5.44. The minimum absolute atomic E-state index is 0.0596. The number of benzene rings is 1. The average molecular weight is 491 g/mol. The van der Waals surface area contributed by atoms with Crippen LogP contribution in [0.1, 0.15) is 39.1 Å². The first-order valence-electron chi connectivity index (χ1n) is 13.1. The number of hydrogen-bond acceptors (Lipinski definition) is 1. The van der Waals surface area contributed by atoms with Gasteiger partial charge in [-0.25, -0.2) is 9.47 Å². The number of aryl methyl sites for hydroxylation is 1. The topological polar surface area (TPSA) is 11.0 Å². The van der Waals surface area contributed by atoms with Crippen molar-refractivity contribution in [2.24, 2.45) is 0 Å². The molecule has 1 saturated heterocycles. The summed E-state index contributed by atoms with van der Waals surface area (Å²) >= 11 is 0. The number of fused-ring (bicyclic) bond motifs is 12. The van der Waals surface area contributed by atoms with E-state index >= 15 is 0 Å². The zero-order valence-corrected chi connectivity index (χ0v) is 22.6. The fourth-order valence-corrected chi connectivity index (χ4v) is 14.4. The van der Waals surface area contributed by atoms with Crippen LogP contribution < -0.4 is 18.9 Å². The van der Waals surface area contributed by atoms with Crippen LogP contribution in [0.4, 0.5) is 11.5 Å². The summed E-state index contributed by atoms with van der Waals surface area (Å²) in [5.41, 5.74) is 6.77. The molecule has 0 saturated carbocycles. The molecule has 36 heavy (non-hydrogen) atoms. The summed E-state index contributed by atoms with van der Waals surface area (Å²) in [6, 6.07) is 22.9. The Kier molecular flexibility index (Phi) is 4.47. The van der Waals surface area contributed by atoms with E-state index in [2.05, 4.69) is 147 Å². The van der Waals surface area contributed by atoms with Crippen LogP contribution in [0.3, 0.4) is 0 Å². The molecule has 179 valence electrons. The van der Waals surface area contributed by atoms with Gasteiger partial charge in [0.25, 0.3) is 5.82 Å². The fourth-order valence-electron chi connectivity index (χ4n) is 7.94. The molecule has 4 aliphatic rings. The van der Waals surface area contributed by atoms with Crippen molar-refractivity contribution in [3.8, 4) is 0 Å². The first-order chi connectivity index (χ1) is 17.5. The van der Waals surface area contributed by atoms with Gasteiger partial charge in [0, 0.05) is 23.8 Å². The number of hydrogen-bond donors (Lipinski definition) is 0. The van der Waals surface area contributed by atoms with Gasteiger partial charge in [-0.1, -0.05) is 42.5 Å². The van der Waals surface area contributed by atoms with E-state index in [0.717, 1.165) is 6.32 Å². The van der Waals surface area contributed by atoms with E-state index in [1.165, 1.54) is 38.8 Å². The van der Waals surface area contributed by atoms with Crippen LogP contribution in [0.25, 0.3) is 5.57 Å². The summed E-state index contributed by atoms with van der Waals surface area (Å²) in [5, 5.41) is 0. The Morgan fingerprint density at radius 1 is 1.00 bits per heavy atom. The molecular formula is C31H33BN3S+2. The van der Waals surface area contributed by atoms with Crippen LogP contribution in [-0.2, 0) is 4.87 Å². The average Bonchev–Trinajstić information content (AvgIpc) is 3.28. The lowest BCUT2D eigenvalue weighted by atomic mass is 9.59. The molecule has 0 amide bonds. The molecule has 0 aliphatic carbocycles. The maximum Gasteiger partial charge on any atom is 0.283 e. The van der Waals surface area contributed by atoms with Gasteiger partial charge in [-0.2, -0.15) is 0 Å².